The molecule has 0 saturated heterocycles. The van der Waals surface area contributed by atoms with Gasteiger partial charge in [0.15, 0.2) is 0 Å². The Morgan fingerprint density at radius 3 is 2.33 bits per heavy atom. The van der Waals surface area contributed by atoms with Crippen molar-refractivity contribution in [3.63, 3.8) is 0 Å². The first-order valence-corrected chi connectivity index (χ1v) is 4.14. The van der Waals surface area contributed by atoms with Crippen LogP contribution in [0.3, 0.4) is 0 Å². The maximum Gasteiger partial charge on any atom is 0.0600 e. The molecule has 0 aliphatic heterocycles. The van der Waals surface area contributed by atoms with Crippen molar-refractivity contribution in [3.05, 3.63) is 30.1 Å². The van der Waals surface area contributed by atoms with Gasteiger partial charge in [-0.3, -0.25) is 9.88 Å². The van der Waals surface area contributed by atoms with Gasteiger partial charge in [-0.1, -0.05) is 6.07 Å². The van der Waals surface area contributed by atoms with E-state index in [1.54, 1.807) is 0 Å². The van der Waals surface area contributed by atoms with Gasteiger partial charge in [0.05, 0.1) is 11.2 Å². The van der Waals surface area contributed by atoms with Crippen molar-refractivity contribution in [2.45, 2.75) is 19.4 Å². The standard InChI is InChI=1S/C10H16N2/c1-10(2,12(3)4)9-7-5-6-8-11-9/h5-8H,1-4H3. The van der Waals surface area contributed by atoms with E-state index in [2.05, 4.69) is 43.9 Å². The van der Waals surface area contributed by atoms with Gasteiger partial charge in [0.25, 0.3) is 0 Å². The van der Waals surface area contributed by atoms with Gasteiger partial charge < -0.3 is 0 Å². The Morgan fingerprint density at radius 1 is 1.25 bits per heavy atom. The molecule has 2 nitrogen and oxygen atoms in total. The van der Waals surface area contributed by atoms with E-state index in [1.807, 2.05) is 18.3 Å². The second-order valence-corrected chi connectivity index (χ2v) is 3.67. The molecule has 0 spiro atoms. The molecule has 0 unspecified atom stereocenters. The maximum atomic E-state index is 4.33. The van der Waals surface area contributed by atoms with Gasteiger partial charge in [0.2, 0.25) is 0 Å². The first kappa shape index (κ1) is 9.20. The molecule has 0 aliphatic carbocycles. The summed E-state index contributed by atoms with van der Waals surface area (Å²) in [5.41, 5.74) is 1.12. The molecular weight excluding hydrogens is 148 g/mol. The fraction of sp³-hybridized carbons (Fsp3) is 0.500. The molecule has 0 atom stereocenters. The lowest BCUT2D eigenvalue weighted by Crippen LogP contribution is -2.35. The van der Waals surface area contributed by atoms with Crippen molar-refractivity contribution in [1.82, 2.24) is 9.88 Å². The Bertz CT molecular complexity index is 239. The second kappa shape index (κ2) is 3.23. The minimum absolute atomic E-state index is 0.0151. The van der Waals surface area contributed by atoms with Gasteiger partial charge in [-0.05, 0) is 40.1 Å². The summed E-state index contributed by atoms with van der Waals surface area (Å²) in [7, 11) is 4.13. The zero-order valence-corrected chi connectivity index (χ0v) is 8.20. The third-order valence-electron chi connectivity index (χ3n) is 2.41. The quantitative estimate of drug-likeness (QED) is 0.663. The van der Waals surface area contributed by atoms with Crippen molar-refractivity contribution in [2.75, 3.05) is 14.1 Å². The Hall–Kier alpha value is -0.890. The van der Waals surface area contributed by atoms with E-state index in [4.69, 9.17) is 0 Å². The van der Waals surface area contributed by atoms with Crippen LogP contribution in [0.15, 0.2) is 24.4 Å². The Kier molecular flexibility index (Phi) is 2.48. The van der Waals surface area contributed by atoms with Crippen LogP contribution >= 0.6 is 0 Å². The summed E-state index contributed by atoms with van der Waals surface area (Å²) in [6.45, 7) is 4.32. The van der Waals surface area contributed by atoms with E-state index >= 15 is 0 Å². The van der Waals surface area contributed by atoms with E-state index in [1.165, 1.54) is 0 Å². The first-order chi connectivity index (χ1) is 5.55. The zero-order valence-electron chi connectivity index (χ0n) is 8.20. The maximum absolute atomic E-state index is 4.33. The summed E-state index contributed by atoms with van der Waals surface area (Å²) >= 11 is 0. The Morgan fingerprint density at radius 2 is 1.92 bits per heavy atom. The van der Waals surface area contributed by atoms with Crippen LogP contribution in [0.1, 0.15) is 19.5 Å². The van der Waals surface area contributed by atoms with Crippen LogP contribution in [0.2, 0.25) is 0 Å². The highest BCUT2D eigenvalue weighted by Crippen LogP contribution is 2.22. The smallest absolute Gasteiger partial charge is 0.0600 e. The molecule has 0 radical (unpaired) electrons. The fourth-order valence-corrected chi connectivity index (χ4v) is 0.954. The van der Waals surface area contributed by atoms with E-state index in [-0.39, 0.29) is 5.54 Å². The summed E-state index contributed by atoms with van der Waals surface area (Å²) in [5.74, 6) is 0. The third kappa shape index (κ3) is 1.64. The van der Waals surface area contributed by atoms with Crippen LogP contribution in [0, 0.1) is 0 Å². The Balaban J connectivity index is 2.98. The number of hydrogen-bond donors (Lipinski definition) is 0. The number of nitrogens with zero attached hydrogens (tertiary/aromatic N) is 2. The summed E-state index contributed by atoms with van der Waals surface area (Å²) in [5, 5.41) is 0. The van der Waals surface area contributed by atoms with Crippen LogP contribution in [0.25, 0.3) is 0 Å². The summed E-state index contributed by atoms with van der Waals surface area (Å²) in [6, 6.07) is 6.02. The molecule has 0 saturated carbocycles. The second-order valence-electron chi connectivity index (χ2n) is 3.67. The van der Waals surface area contributed by atoms with Crippen molar-refractivity contribution < 1.29 is 0 Å². The van der Waals surface area contributed by atoms with E-state index < -0.39 is 0 Å². The molecule has 0 aromatic carbocycles. The van der Waals surface area contributed by atoms with Gasteiger partial charge in [0.1, 0.15) is 0 Å². The molecular formula is C10H16N2. The van der Waals surface area contributed by atoms with Crippen LogP contribution in [-0.4, -0.2) is 24.0 Å². The number of hydrogen-bond acceptors (Lipinski definition) is 2. The number of pyridine rings is 1. The largest absolute Gasteiger partial charge is 0.299 e. The van der Waals surface area contributed by atoms with Crippen LogP contribution < -0.4 is 0 Å². The fourth-order valence-electron chi connectivity index (χ4n) is 0.954. The molecule has 2 heteroatoms. The predicted octanol–water partition coefficient (Wildman–Crippen LogP) is 1.88. The molecule has 0 amide bonds. The molecule has 66 valence electrons. The molecule has 1 rings (SSSR count). The van der Waals surface area contributed by atoms with Crippen LogP contribution in [0.5, 0.6) is 0 Å². The highest BCUT2D eigenvalue weighted by Gasteiger charge is 2.23. The van der Waals surface area contributed by atoms with Gasteiger partial charge in [-0.25, -0.2) is 0 Å². The van der Waals surface area contributed by atoms with E-state index in [0.717, 1.165) is 5.69 Å². The normalized spacial score (nSPS) is 12.1. The van der Waals surface area contributed by atoms with Crippen molar-refractivity contribution in [1.29, 1.82) is 0 Å². The third-order valence-corrected chi connectivity index (χ3v) is 2.41. The van der Waals surface area contributed by atoms with Gasteiger partial charge >= 0.3 is 0 Å². The van der Waals surface area contributed by atoms with E-state index in [0.29, 0.717) is 0 Å². The van der Waals surface area contributed by atoms with E-state index in [9.17, 15) is 0 Å². The lowest BCUT2D eigenvalue weighted by Gasteiger charge is -2.31. The molecule has 0 aliphatic rings. The lowest BCUT2D eigenvalue weighted by molar-refractivity contribution is 0.192. The zero-order chi connectivity index (χ0) is 9.19. The first-order valence-electron chi connectivity index (χ1n) is 4.14. The van der Waals surface area contributed by atoms with Crippen molar-refractivity contribution in [3.8, 4) is 0 Å². The monoisotopic (exact) mass is 164 g/mol. The van der Waals surface area contributed by atoms with Gasteiger partial charge in [-0.15, -0.1) is 0 Å². The molecule has 0 N–H and O–H groups in total. The van der Waals surface area contributed by atoms with Gasteiger partial charge in [0, 0.05) is 6.20 Å². The molecule has 1 aromatic rings. The molecule has 0 bridgehead atoms. The lowest BCUT2D eigenvalue weighted by atomic mass is 9.99. The van der Waals surface area contributed by atoms with Crippen LogP contribution in [-0.2, 0) is 5.54 Å². The molecule has 0 fully saturated rings. The van der Waals surface area contributed by atoms with Crippen molar-refractivity contribution in [2.24, 2.45) is 0 Å². The highest BCUT2D eigenvalue weighted by molar-refractivity contribution is 5.12. The minimum atomic E-state index is 0.0151. The number of rotatable bonds is 2. The minimum Gasteiger partial charge on any atom is -0.299 e. The molecule has 1 heterocycles. The average Bonchev–Trinajstić information content (AvgIpc) is 2.06. The summed E-state index contributed by atoms with van der Waals surface area (Å²) in [6.07, 6.45) is 1.83. The molecule has 12 heavy (non-hydrogen) atoms. The topological polar surface area (TPSA) is 16.1 Å². The average molecular weight is 164 g/mol. The summed E-state index contributed by atoms with van der Waals surface area (Å²) < 4.78 is 0. The van der Waals surface area contributed by atoms with Gasteiger partial charge in [-0.2, -0.15) is 0 Å². The number of aromatic nitrogens is 1. The Labute approximate surface area is 74.2 Å². The predicted molar refractivity (Wildman–Crippen MR) is 51.0 cm³/mol. The summed E-state index contributed by atoms with van der Waals surface area (Å²) in [4.78, 5) is 6.49. The van der Waals surface area contributed by atoms with Crippen LogP contribution in [0.4, 0.5) is 0 Å². The molecule has 1 aromatic heterocycles. The van der Waals surface area contributed by atoms with Crippen molar-refractivity contribution >= 4 is 0 Å². The SMILES string of the molecule is CN(C)C(C)(C)c1ccccn1. The highest BCUT2D eigenvalue weighted by atomic mass is 15.1.